The van der Waals surface area contributed by atoms with E-state index in [9.17, 15) is 13.2 Å². The van der Waals surface area contributed by atoms with Crippen LogP contribution in [0.1, 0.15) is 30.5 Å². The van der Waals surface area contributed by atoms with Crippen molar-refractivity contribution in [3.05, 3.63) is 45.9 Å². The van der Waals surface area contributed by atoms with Crippen LogP contribution in [0, 0.1) is 0 Å². The molecule has 140 valence electrons. The molecule has 0 aliphatic carbocycles. The number of pyridine rings is 1. The van der Waals surface area contributed by atoms with Crippen LogP contribution < -0.4 is 5.56 Å². The first-order valence-corrected chi connectivity index (χ1v) is 11.0. The van der Waals surface area contributed by atoms with E-state index in [2.05, 4.69) is 9.88 Å². The highest BCUT2D eigenvalue weighted by Gasteiger charge is 2.29. The largest absolute Gasteiger partial charge is 0.325 e. The Morgan fingerprint density at radius 3 is 2.50 bits per heavy atom. The van der Waals surface area contributed by atoms with Gasteiger partial charge in [-0.3, -0.25) is 4.79 Å². The number of nitrogens with one attached hydrogen (secondary N) is 1. The van der Waals surface area contributed by atoms with Crippen molar-refractivity contribution in [2.24, 2.45) is 0 Å². The summed E-state index contributed by atoms with van der Waals surface area (Å²) in [5.41, 5.74) is 1.71. The minimum absolute atomic E-state index is 0.0965. The molecule has 7 heteroatoms. The molecule has 0 bridgehead atoms. The highest BCUT2D eigenvalue weighted by molar-refractivity contribution is 7.89. The molecule has 1 fully saturated rings. The van der Waals surface area contributed by atoms with Gasteiger partial charge in [0.1, 0.15) is 0 Å². The summed E-state index contributed by atoms with van der Waals surface area (Å²) in [5.74, 6) is 0.170. The summed E-state index contributed by atoms with van der Waals surface area (Å²) in [6, 6.07) is 7.43. The topological polar surface area (TPSA) is 73.5 Å². The number of fused-ring (bicyclic) bond motifs is 3. The molecule has 0 spiro atoms. The average Bonchev–Trinajstić information content (AvgIpc) is 2.67. The molecule has 1 saturated heterocycles. The number of piperidine rings is 1. The molecule has 2 aliphatic heterocycles. The van der Waals surface area contributed by atoms with Gasteiger partial charge >= 0.3 is 0 Å². The second-order valence-electron chi connectivity index (χ2n) is 7.26. The van der Waals surface area contributed by atoms with E-state index in [4.69, 9.17) is 0 Å². The van der Waals surface area contributed by atoms with Crippen molar-refractivity contribution in [1.29, 1.82) is 0 Å². The van der Waals surface area contributed by atoms with Gasteiger partial charge in [0.25, 0.3) is 5.56 Å². The van der Waals surface area contributed by atoms with Crippen LogP contribution in [0.15, 0.2) is 29.1 Å². The van der Waals surface area contributed by atoms with Crippen LogP contribution >= 0.6 is 0 Å². The molecule has 0 saturated carbocycles. The third-order valence-electron chi connectivity index (χ3n) is 5.58. The molecular formula is C19H25N3O3S. The zero-order chi connectivity index (χ0) is 18.1. The second-order valence-corrected chi connectivity index (χ2v) is 9.35. The van der Waals surface area contributed by atoms with Gasteiger partial charge in [-0.15, -0.1) is 0 Å². The molecule has 4 rings (SSSR count). The van der Waals surface area contributed by atoms with Gasteiger partial charge in [0.05, 0.1) is 5.75 Å². The molecule has 6 nitrogen and oxygen atoms in total. The number of aromatic nitrogens is 1. The van der Waals surface area contributed by atoms with Crippen molar-refractivity contribution in [1.82, 2.24) is 14.2 Å². The molecule has 2 aromatic rings. The zero-order valence-corrected chi connectivity index (χ0v) is 15.7. The number of rotatable bonds is 4. The van der Waals surface area contributed by atoms with Crippen LogP contribution in [0.3, 0.4) is 0 Å². The van der Waals surface area contributed by atoms with Gasteiger partial charge in [0.2, 0.25) is 10.0 Å². The molecule has 0 amide bonds. The van der Waals surface area contributed by atoms with Crippen molar-refractivity contribution in [3.63, 3.8) is 0 Å². The van der Waals surface area contributed by atoms with Crippen LogP contribution in [0.5, 0.6) is 0 Å². The molecule has 0 unspecified atom stereocenters. The first kappa shape index (κ1) is 17.7. The molecular weight excluding hydrogens is 350 g/mol. The summed E-state index contributed by atoms with van der Waals surface area (Å²) < 4.78 is 27.3. The Bertz CT molecular complexity index is 962. The lowest BCUT2D eigenvalue weighted by molar-refractivity contribution is 0.239. The minimum Gasteiger partial charge on any atom is -0.325 e. The molecule has 1 N–H and O–H groups in total. The fourth-order valence-corrected chi connectivity index (χ4v) is 5.51. The third-order valence-corrected chi connectivity index (χ3v) is 7.38. The van der Waals surface area contributed by atoms with E-state index in [1.54, 1.807) is 10.4 Å². The predicted octanol–water partition coefficient (Wildman–Crippen LogP) is 1.70. The fraction of sp³-hybridized carbons (Fsp3) is 0.526. The van der Waals surface area contributed by atoms with Gasteiger partial charge in [-0.25, -0.2) is 8.42 Å². The van der Waals surface area contributed by atoms with Crippen LogP contribution in [-0.4, -0.2) is 54.5 Å². The highest BCUT2D eigenvalue weighted by atomic mass is 32.2. The number of likely N-dealkylation sites (tertiary alicyclic amines) is 1. The Balaban J connectivity index is 1.55. The van der Waals surface area contributed by atoms with Crippen molar-refractivity contribution < 1.29 is 8.42 Å². The van der Waals surface area contributed by atoms with Crippen molar-refractivity contribution >= 4 is 20.8 Å². The fourth-order valence-electron chi connectivity index (χ4n) is 4.07. The molecule has 0 radical (unpaired) electrons. The van der Waals surface area contributed by atoms with Gasteiger partial charge in [0, 0.05) is 37.1 Å². The molecule has 1 aromatic carbocycles. The van der Waals surface area contributed by atoms with Gasteiger partial charge in [-0.2, -0.15) is 4.31 Å². The Morgan fingerprint density at radius 2 is 1.73 bits per heavy atom. The van der Waals surface area contributed by atoms with Crippen LogP contribution in [0.2, 0.25) is 0 Å². The molecule has 26 heavy (non-hydrogen) atoms. The number of aromatic amines is 1. The molecule has 2 aliphatic rings. The Labute approximate surface area is 153 Å². The summed E-state index contributed by atoms with van der Waals surface area (Å²) in [7, 11) is -3.30. The summed E-state index contributed by atoms with van der Waals surface area (Å²) in [5, 5.41) is 1.49. The SMILES string of the molecule is O=c1[nH]c2c(c3ccccc13)CN(S(=O)(=O)CCN1CCCCC1)CC2. The predicted molar refractivity (Wildman–Crippen MR) is 103 cm³/mol. The standard InChI is InChI=1S/C19H25N3O3S/c23-19-16-7-3-2-6-15(16)17-14-22(11-8-18(17)20-19)26(24,25)13-12-21-9-4-1-5-10-21/h2-3,6-7H,1,4-5,8-14H2,(H,20,23). The maximum absolute atomic E-state index is 12.9. The zero-order valence-electron chi connectivity index (χ0n) is 14.9. The van der Waals surface area contributed by atoms with E-state index in [1.807, 2.05) is 18.2 Å². The van der Waals surface area contributed by atoms with E-state index in [0.29, 0.717) is 31.4 Å². The second kappa shape index (κ2) is 7.13. The highest BCUT2D eigenvalue weighted by Crippen LogP contribution is 2.25. The molecule has 0 atom stereocenters. The summed E-state index contributed by atoms with van der Waals surface area (Å²) >= 11 is 0. The van der Waals surface area contributed by atoms with Gasteiger partial charge in [-0.1, -0.05) is 24.6 Å². The van der Waals surface area contributed by atoms with E-state index >= 15 is 0 Å². The van der Waals surface area contributed by atoms with Crippen LogP contribution in [-0.2, 0) is 23.0 Å². The first-order valence-electron chi connectivity index (χ1n) is 9.37. The monoisotopic (exact) mass is 375 g/mol. The lowest BCUT2D eigenvalue weighted by Gasteiger charge is -2.31. The maximum Gasteiger partial charge on any atom is 0.256 e. The maximum atomic E-state index is 12.9. The minimum atomic E-state index is -3.30. The van der Waals surface area contributed by atoms with Gasteiger partial charge < -0.3 is 9.88 Å². The lowest BCUT2D eigenvalue weighted by Crippen LogP contribution is -2.42. The van der Waals surface area contributed by atoms with E-state index in [0.717, 1.165) is 42.6 Å². The Kier molecular flexibility index (Phi) is 4.86. The molecule has 1 aromatic heterocycles. The summed E-state index contributed by atoms with van der Waals surface area (Å²) in [6.07, 6.45) is 4.13. The number of hydrogen-bond acceptors (Lipinski definition) is 4. The van der Waals surface area contributed by atoms with E-state index in [1.165, 1.54) is 6.42 Å². The van der Waals surface area contributed by atoms with E-state index in [-0.39, 0.29) is 11.3 Å². The average molecular weight is 375 g/mol. The molecule has 3 heterocycles. The first-order chi connectivity index (χ1) is 12.5. The Hall–Kier alpha value is -1.70. The quantitative estimate of drug-likeness (QED) is 0.883. The number of nitrogens with zero attached hydrogens (tertiary/aromatic N) is 2. The number of hydrogen-bond donors (Lipinski definition) is 1. The summed E-state index contributed by atoms with van der Waals surface area (Å²) in [4.78, 5) is 17.4. The Morgan fingerprint density at radius 1 is 1.00 bits per heavy atom. The third kappa shape index (κ3) is 3.43. The van der Waals surface area contributed by atoms with Crippen molar-refractivity contribution in [2.45, 2.75) is 32.2 Å². The van der Waals surface area contributed by atoms with Crippen molar-refractivity contribution in [3.8, 4) is 0 Å². The summed E-state index contributed by atoms with van der Waals surface area (Å²) in [6.45, 7) is 3.39. The van der Waals surface area contributed by atoms with Crippen molar-refractivity contribution in [2.75, 3.05) is 31.9 Å². The lowest BCUT2D eigenvalue weighted by atomic mass is 10.0. The van der Waals surface area contributed by atoms with Gasteiger partial charge in [-0.05, 0) is 42.9 Å². The van der Waals surface area contributed by atoms with E-state index < -0.39 is 10.0 Å². The number of sulfonamides is 1. The number of H-pyrrole nitrogens is 1. The van der Waals surface area contributed by atoms with Crippen LogP contribution in [0.4, 0.5) is 0 Å². The number of benzene rings is 1. The van der Waals surface area contributed by atoms with Gasteiger partial charge in [0.15, 0.2) is 0 Å². The normalized spacial score (nSPS) is 19.5. The van der Waals surface area contributed by atoms with Crippen LogP contribution in [0.25, 0.3) is 10.8 Å². The smallest absolute Gasteiger partial charge is 0.256 e.